The summed E-state index contributed by atoms with van der Waals surface area (Å²) in [6, 6.07) is 9.82. The van der Waals surface area contributed by atoms with Crippen molar-refractivity contribution in [3.05, 3.63) is 48.0 Å². The van der Waals surface area contributed by atoms with E-state index in [2.05, 4.69) is 0 Å². The molecule has 0 amide bonds. The van der Waals surface area contributed by atoms with Crippen LogP contribution in [-0.4, -0.2) is 12.7 Å². The molecule has 0 aromatic heterocycles. The predicted molar refractivity (Wildman–Crippen MR) is 54.8 cm³/mol. The van der Waals surface area contributed by atoms with Crippen molar-refractivity contribution in [2.24, 2.45) is 0 Å². The zero-order valence-corrected chi connectivity index (χ0v) is 8.36. The number of hydrogen-bond donors (Lipinski definition) is 0. The van der Waals surface area contributed by atoms with Gasteiger partial charge in [0.25, 0.3) is 0 Å². The molecule has 0 bridgehead atoms. The summed E-state index contributed by atoms with van der Waals surface area (Å²) in [5.41, 5.74) is 1.09. The topological polar surface area (TPSA) is 18.5 Å². The van der Waals surface area contributed by atoms with E-state index < -0.39 is 0 Å². The molecule has 0 radical (unpaired) electrons. The fraction of sp³-hybridized carbons (Fsp3) is 0.333. The van der Waals surface area contributed by atoms with Gasteiger partial charge in [0.05, 0.1) is 13.2 Å². The second kappa shape index (κ2) is 4.94. The highest BCUT2D eigenvalue weighted by Crippen LogP contribution is 2.21. The van der Waals surface area contributed by atoms with Gasteiger partial charge in [0.2, 0.25) is 0 Å². The maximum atomic E-state index is 12.3. The Balaban J connectivity index is 1.88. The molecule has 0 saturated carbocycles. The van der Waals surface area contributed by atoms with Gasteiger partial charge in [-0.2, -0.15) is 0 Å². The minimum Gasteiger partial charge on any atom is -0.493 e. The van der Waals surface area contributed by atoms with Crippen molar-refractivity contribution in [2.45, 2.75) is 19.1 Å². The first-order chi connectivity index (χ1) is 7.40. The van der Waals surface area contributed by atoms with Gasteiger partial charge in [-0.05, 0) is 5.56 Å². The number of ether oxygens (including phenoxy) is 2. The van der Waals surface area contributed by atoms with E-state index in [1.165, 1.54) is 0 Å². The van der Waals surface area contributed by atoms with Gasteiger partial charge in [-0.25, -0.2) is 4.39 Å². The average Bonchev–Trinajstić information content (AvgIpc) is 2.75. The molecule has 1 saturated heterocycles. The smallest absolute Gasteiger partial charge is 0.153 e. The molecule has 1 aromatic carbocycles. The summed E-state index contributed by atoms with van der Waals surface area (Å²) in [6.07, 6.45) is 0.987. The maximum absolute atomic E-state index is 12.3. The Morgan fingerprint density at radius 1 is 1.40 bits per heavy atom. The predicted octanol–water partition coefficient (Wildman–Crippen LogP) is 2.80. The lowest BCUT2D eigenvalue weighted by atomic mass is 10.2. The Morgan fingerprint density at radius 2 is 2.20 bits per heavy atom. The number of benzene rings is 1. The highest BCUT2D eigenvalue weighted by Gasteiger charge is 2.23. The minimum absolute atomic E-state index is 0.227. The summed E-state index contributed by atoms with van der Waals surface area (Å²) in [6.45, 7) is 1.03. The van der Waals surface area contributed by atoms with Crippen molar-refractivity contribution in [1.29, 1.82) is 0 Å². The van der Waals surface area contributed by atoms with E-state index in [1.807, 2.05) is 30.3 Å². The van der Waals surface area contributed by atoms with Crippen molar-refractivity contribution in [3.8, 4) is 0 Å². The SMILES string of the molecule is F/C=C1/OCC[C@H]1OCc1ccccc1. The molecule has 0 unspecified atom stereocenters. The quantitative estimate of drug-likeness (QED) is 0.760. The molecule has 1 fully saturated rings. The van der Waals surface area contributed by atoms with Crippen LogP contribution in [0.25, 0.3) is 0 Å². The first-order valence-electron chi connectivity index (χ1n) is 4.99. The summed E-state index contributed by atoms with van der Waals surface area (Å²) >= 11 is 0. The Hall–Kier alpha value is -1.35. The van der Waals surface area contributed by atoms with E-state index >= 15 is 0 Å². The minimum atomic E-state index is -0.227. The van der Waals surface area contributed by atoms with Crippen LogP contribution in [0.1, 0.15) is 12.0 Å². The van der Waals surface area contributed by atoms with E-state index in [-0.39, 0.29) is 6.10 Å². The zero-order chi connectivity index (χ0) is 10.5. The van der Waals surface area contributed by atoms with E-state index in [9.17, 15) is 4.39 Å². The van der Waals surface area contributed by atoms with E-state index in [0.717, 1.165) is 12.0 Å². The maximum Gasteiger partial charge on any atom is 0.153 e. The van der Waals surface area contributed by atoms with Crippen molar-refractivity contribution in [1.82, 2.24) is 0 Å². The second-order valence-electron chi connectivity index (χ2n) is 3.43. The molecule has 0 N–H and O–H groups in total. The summed E-state index contributed by atoms with van der Waals surface area (Å²) in [4.78, 5) is 0. The molecule has 0 spiro atoms. The van der Waals surface area contributed by atoms with Gasteiger partial charge in [-0.15, -0.1) is 0 Å². The molecule has 2 nitrogen and oxygen atoms in total. The van der Waals surface area contributed by atoms with Crippen LogP contribution >= 0.6 is 0 Å². The molecule has 2 rings (SSSR count). The van der Waals surface area contributed by atoms with Crippen LogP contribution in [0, 0.1) is 0 Å². The summed E-state index contributed by atoms with van der Waals surface area (Å²) in [5, 5.41) is 0. The molecule has 15 heavy (non-hydrogen) atoms. The van der Waals surface area contributed by atoms with Crippen LogP contribution in [-0.2, 0) is 16.1 Å². The van der Waals surface area contributed by atoms with Crippen molar-refractivity contribution >= 4 is 0 Å². The second-order valence-corrected chi connectivity index (χ2v) is 3.43. The van der Waals surface area contributed by atoms with E-state index in [4.69, 9.17) is 9.47 Å². The lowest BCUT2D eigenvalue weighted by molar-refractivity contribution is 0.0602. The molecule has 1 aromatic rings. The Bertz CT molecular complexity index is 335. The van der Waals surface area contributed by atoms with Gasteiger partial charge < -0.3 is 9.47 Å². The monoisotopic (exact) mass is 208 g/mol. The number of rotatable bonds is 3. The van der Waals surface area contributed by atoms with E-state index in [1.54, 1.807) is 0 Å². The average molecular weight is 208 g/mol. The van der Waals surface area contributed by atoms with Gasteiger partial charge >= 0.3 is 0 Å². The molecule has 0 aliphatic carbocycles. The van der Waals surface area contributed by atoms with Crippen LogP contribution in [0.2, 0.25) is 0 Å². The standard InChI is InChI=1S/C12H13FO2/c13-8-12-11(6-7-14-12)15-9-10-4-2-1-3-5-10/h1-5,8,11H,6-7,9H2/b12-8+/t11-/m1/s1. The molecule has 3 heteroatoms. The van der Waals surface area contributed by atoms with Gasteiger partial charge in [0, 0.05) is 6.42 Å². The van der Waals surface area contributed by atoms with Crippen LogP contribution in [0.15, 0.2) is 42.4 Å². The third-order valence-electron chi connectivity index (χ3n) is 2.37. The number of hydrogen-bond acceptors (Lipinski definition) is 2. The van der Waals surface area contributed by atoms with Crippen LogP contribution < -0.4 is 0 Å². The third kappa shape index (κ3) is 2.57. The van der Waals surface area contributed by atoms with Crippen molar-refractivity contribution < 1.29 is 13.9 Å². The molecular formula is C12H13FO2. The lowest BCUT2D eigenvalue weighted by Gasteiger charge is -2.10. The lowest BCUT2D eigenvalue weighted by Crippen LogP contribution is -2.10. The molecule has 1 heterocycles. The van der Waals surface area contributed by atoms with Gasteiger partial charge in [-0.1, -0.05) is 30.3 Å². The summed E-state index contributed by atoms with van der Waals surface area (Å²) in [7, 11) is 0. The van der Waals surface area contributed by atoms with Crippen molar-refractivity contribution in [2.75, 3.05) is 6.61 Å². The molecule has 1 atom stereocenters. The van der Waals surface area contributed by atoms with E-state index in [0.29, 0.717) is 25.3 Å². The van der Waals surface area contributed by atoms with Crippen LogP contribution in [0.5, 0.6) is 0 Å². The third-order valence-corrected chi connectivity index (χ3v) is 2.37. The Kier molecular flexibility index (Phi) is 3.35. The first kappa shape index (κ1) is 10.2. The summed E-state index contributed by atoms with van der Waals surface area (Å²) < 4.78 is 22.9. The highest BCUT2D eigenvalue weighted by atomic mass is 19.1. The molecule has 1 aliphatic rings. The zero-order valence-electron chi connectivity index (χ0n) is 8.36. The van der Waals surface area contributed by atoms with Gasteiger partial charge in [0.1, 0.15) is 12.4 Å². The fourth-order valence-corrected chi connectivity index (χ4v) is 1.56. The first-order valence-corrected chi connectivity index (χ1v) is 4.99. The Morgan fingerprint density at radius 3 is 2.93 bits per heavy atom. The number of halogens is 1. The molecule has 1 aliphatic heterocycles. The van der Waals surface area contributed by atoms with Gasteiger partial charge in [-0.3, -0.25) is 0 Å². The largest absolute Gasteiger partial charge is 0.493 e. The molecule has 80 valence electrons. The summed E-state index contributed by atoms with van der Waals surface area (Å²) in [5.74, 6) is 0.311. The molecular weight excluding hydrogens is 195 g/mol. The van der Waals surface area contributed by atoms with Crippen LogP contribution in [0.3, 0.4) is 0 Å². The normalized spacial score (nSPS) is 23.0. The van der Waals surface area contributed by atoms with Crippen LogP contribution in [0.4, 0.5) is 4.39 Å². The Labute approximate surface area is 88.3 Å². The van der Waals surface area contributed by atoms with Crippen molar-refractivity contribution in [3.63, 3.8) is 0 Å². The fourth-order valence-electron chi connectivity index (χ4n) is 1.56. The van der Waals surface area contributed by atoms with Gasteiger partial charge in [0.15, 0.2) is 5.76 Å². The highest BCUT2D eigenvalue weighted by molar-refractivity contribution is 5.13.